The van der Waals surface area contributed by atoms with Crippen LogP contribution in [-0.2, 0) is 21.0 Å². The van der Waals surface area contributed by atoms with Gasteiger partial charge >= 0.3 is 11.8 Å². The van der Waals surface area contributed by atoms with E-state index in [1.807, 2.05) is 30.3 Å². The van der Waals surface area contributed by atoms with Crippen molar-refractivity contribution in [1.82, 2.24) is 5.43 Å². The Hall–Kier alpha value is -4.17. The van der Waals surface area contributed by atoms with E-state index in [1.54, 1.807) is 56.3 Å². The zero-order valence-corrected chi connectivity index (χ0v) is 20.1. The number of nitrogens with zero attached hydrogens (tertiary/aromatic N) is 1. The summed E-state index contributed by atoms with van der Waals surface area (Å²) < 4.78 is 5.73. The van der Waals surface area contributed by atoms with E-state index in [-0.39, 0.29) is 12.3 Å². The number of hydrogen-bond donors (Lipinski definition) is 3. The molecule has 3 rings (SSSR count). The van der Waals surface area contributed by atoms with Crippen LogP contribution in [0.15, 0.2) is 77.9 Å². The number of ether oxygens (including phenoxy) is 1. The molecule has 3 amide bonds. The lowest BCUT2D eigenvalue weighted by Crippen LogP contribution is -2.33. The molecule has 0 saturated heterocycles. The number of hydrogen-bond acceptors (Lipinski definition) is 5. The Morgan fingerprint density at radius 2 is 1.60 bits per heavy atom. The summed E-state index contributed by atoms with van der Waals surface area (Å²) >= 11 is 6.01. The Morgan fingerprint density at radius 3 is 2.31 bits per heavy atom. The fourth-order valence-corrected chi connectivity index (χ4v) is 3.15. The number of amides is 3. The first-order valence-electron chi connectivity index (χ1n) is 10.8. The number of benzene rings is 3. The number of halogens is 1. The molecule has 0 atom stereocenters. The largest absolute Gasteiger partial charge is 0.489 e. The summed E-state index contributed by atoms with van der Waals surface area (Å²) in [7, 11) is 0. The monoisotopic (exact) mass is 492 g/mol. The maximum Gasteiger partial charge on any atom is 0.329 e. The Morgan fingerprint density at radius 1 is 0.886 bits per heavy atom. The molecule has 0 aromatic heterocycles. The highest BCUT2D eigenvalue weighted by Crippen LogP contribution is 2.22. The van der Waals surface area contributed by atoms with Gasteiger partial charge in [0.05, 0.1) is 6.42 Å². The summed E-state index contributed by atoms with van der Waals surface area (Å²) in [5.41, 5.74) is 5.19. The van der Waals surface area contributed by atoms with E-state index in [1.165, 1.54) is 0 Å². The molecule has 0 unspecified atom stereocenters. The lowest BCUT2D eigenvalue weighted by molar-refractivity contribution is -0.136. The van der Waals surface area contributed by atoms with Crippen LogP contribution in [0, 0.1) is 6.92 Å². The maximum absolute atomic E-state index is 12.3. The lowest BCUT2D eigenvalue weighted by atomic mass is 10.2. The second-order valence-electron chi connectivity index (χ2n) is 7.68. The SMILES string of the molecule is CC(CC(=O)Nc1ccc(OCc2ccccc2)cc1)=NNC(=O)C(=O)Nc1cccc(Cl)c1C. The van der Waals surface area contributed by atoms with Crippen LogP contribution in [0.4, 0.5) is 11.4 Å². The molecule has 0 radical (unpaired) electrons. The van der Waals surface area contributed by atoms with Crippen molar-refractivity contribution in [2.75, 3.05) is 10.6 Å². The van der Waals surface area contributed by atoms with Gasteiger partial charge in [0.25, 0.3) is 0 Å². The molecule has 3 N–H and O–H groups in total. The number of carbonyl (C=O) groups is 3. The minimum absolute atomic E-state index is 0.0679. The third-order valence-electron chi connectivity index (χ3n) is 4.87. The molecule has 3 aromatic carbocycles. The van der Waals surface area contributed by atoms with Crippen LogP contribution < -0.4 is 20.8 Å². The predicted molar refractivity (Wildman–Crippen MR) is 137 cm³/mol. The number of rotatable bonds is 8. The summed E-state index contributed by atoms with van der Waals surface area (Å²) in [6.07, 6.45) is -0.0679. The van der Waals surface area contributed by atoms with Crippen LogP contribution in [0.1, 0.15) is 24.5 Å². The third kappa shape index (κ3) is 7.97. The Labute approximate surface area is 208 Å². The van der Waals surface area contributed by atoms with Gasteiger partial charge in [0.2, 0.25) is 5.91 Å². The molecule has 8 nitrogen and oxygen atoms in total. The number of anilines is 2. The Balaban J connectivity index is 1.44. The first kappa shape index (κ1) is 25.5. The van der Waals surface area contributed by atoms with Gasteiger partial charge in [-0.05, 0) is 61.4 Å². The molecule has 0 spiro atoms. The number of nitrogens with one attached hydrogen (secondary N) is 3. The van der Waals surface area contributed by atoms with Crippen LogP contribution in [0.3, 0.4) is 0 Å². The fourth-order valence-electron chi connectivity index (χ4n) is 2.97. The van der Waals surface area contributed by atoms with Crippen molar-refractivity contribution in [3.8, 4) is 5.75 Å². The van der Waals surface area contributed by atoms with Gasteiger partial charge in [-0.1, -0.05) is 48.0 Å². The van der Waals surface area contributed by atoms with E-state index < -0.39 is 11.8 Å². The molecule has 3 aromatic rings. The van der Waals surface area contributed by atoms with E-state index in [2.05, 4.69) is 21.2 Å². The molecule has 0 aliphatic heterocycles. The summed E-state index contributed by atoms with van der Waals surface area (Å²) in [5.74, 6) is -1.50. The van der Waals surface area contributed by atoms with Crippen molar-refractivity contribution in [1.29, 1.82) is 0 Å². The first-order chi connectivity index (χ1) is 16.8. The van der Waals surface area contributed by atoms with Crippen LogP contribution >= 0.6 is 11.6 Å². The second kappa shape index (κ2) is 12.3. The van der Waals surface area contributed by atoms with Gasteiger partial charge in [-0.2, -0.15) is 5.10 Å². The van der Waals surface area contributed by atoms with Gasteiger partial charge in [0.1, 0.15) is 12.4 Å². The van der Waals surface area contributed by atoms with Crippen molar-refractivity contribution in [2.24, 2.45) is 5.10 Å². The molecule has 0 aliphatic rings. The van der Waals surface area contributed by atoms with E-state index in [0.29, 0.717) is 40.0 Å². The van der Waals surface area contributed by atoms with E-state index >= 15 is 0 Å². The highest BCUT2D eigenvalue weighted by atomic mass is 35.5. The predicted octanol–water partition coefficient (Wildman–Crippen LogP) is 4.69. The average molecular weight is 493 g/mol. The molecule has 0 saturated carbocycles. The number of hydrazone groups is 1. The highest BCUT2D eigenvalue weighted by Gasteiger charge is 2.15. The van der Waals surface area contributed by atoms with Crippen LogP contribution in [-0.4, -0.2) is 23.4 Å². The van der Waals surface area contributed by atoms with Gasteiger partial charge in [-0.25, -0.2) is 5.43 Å². The van der Waals surface area contributed by atoms with Crippen molar-refractivity contribution >= 4 is 46.4 Å². The lowest BCUT2D eigenvalue weighted by Gasteiger charge is -2.09. The van der Waals surface area contributed by atoms with Crippen molar-refractivity contribution in [3.05, 3.63) is 88.9 Å². The van der Waals surface area contributed by atoms with Gasteiger partial charge in [-0.3, -0.25) is 14.4 Å². The van der Waals surface area contributed by atoms with Gasteiger partial charge in [0, 0.05) is 22.1 Å². The standard InChI is InChI=1S/C26H25ClN4O4/c1-17(30-31-26(34)25(33)29-23-10-6-9-22(27)18(23)2)15-24(32)28-20-11-13-21(14-12-20)35-16-19-7-4-3-5-8-19/h3-14H,15-16H2,1-2H3,(H,28,32)(H,29,33)(H,31,34). The molecule has 35 heavy (non-hydrogen) atoms. The molecule has 180 valence electrons. The van der Waals surface area contributed by atoms with Gasteiger partial charge in [0.15, 0.2) is 0 Å². The van der Waals surface area contributed by atoms with E-state index in [9.17, 15) is 14.4 Å². The summed E-state index contributed by atoms with van der Waals surface area (Å²) in [6, 6.07) is 21.8. The minimum Gasteiger partial charge on any atom is -0.489 e. The summed E-state index contributed by atoms with van der Waals surface area (Å²) in [5, 5.41) is 9.52. The zero-order valence-electron chi connectivity index (χ0n) is 19.3. The Kier molecular flexibility index (Phi) is 8.97. The third-order valence-corrected chi connectivity index (χ3v) is 5.28. The quantitative estimate of drug-likeness (QED) is 0.241. The zero-order chi connectivity index (χ0) is 25.2. The molecule has 0 bridgehead atoms. The highest BCUT2D eigenvalue weighted by molar-refractivity contribution is 6.40. The van der Waals surface area contributed by atoms with Crippen molar-refractivity contribution in [2.45, 2.75) is 26.9 Å². The topological polar surface area (TPSA) is 109 Å². The average Bonchev–Trinajstić information content (AvgIpc) is 2.85. The molecule has 0 fully saturated rings. The molecule has 0 heterocycles. The molecular formula is C26H25ClN4O4. The van der Waals surface area contributed by atoms with Crippen molar-refractivity contribution < 1.29 is 19.1 Å². The van der Waals surface area contributed by atoms with E-state index in [0.717, 1.165) is 5.56 Å². The van der Waals surface area contributed by atoms with Crippen LogP contribution in [0.5, 0.6) is 5.75 Å². The van der Waals surface area contributed by atoms with Crippen molar-refractivity contribution in [3.63, 3.8) is 0 Å². The van der Waals surface area contributed by atoms with E-state index in [4.69, 9.17) is 16.3 Å². The fraction of sp³-hybridized carbons (Fsp3) is 0.154. The smallest absolute Gasteiger partial charge is 0.329 e. The molecule has 9 heteroatoms. The number of carbonyl (C=O) groups excluding carboxylic acids is 3. The molecular weight excluding hydrogens is 468 g/mol. The van der Waals surface area contributed by atoms with Gasteiger partial charge < -0.3 is 15.4 Å². The minimum atomic E-state index is -0.963. The normalized spacial score (nSPS) is 10.9. The summed E-state index contributed by atoms with van der Waals surface area (Å²) in [6.45, 7) is 3.74. The first-order valence-corrected chi connectivity index (χ1v) is 11.2. The van der Waals surface area contributed by atoms with Gasteiger partial charge in [-0.15, -0.1) is 0 Å². The molecule has 0 aliphatic carbocycles. The van der Waals surface area contributed by atoms with Crippen LogP contribution in [0.2, 0.25) is 5.02 Å². The maximum atomic E-state index is 12.3. The van der Waals surface area contributed by atoms with Crippen LogP contribution in [0.25, 0.3) is 0 Å². The second-order valence-corrected chi connectivity index (χ2v) is 8.09. The Bertz CT molecular complexity index is 1230. The summed E-state index contributed by atoms with van der Waals surface area (Å²) in [4.78, 5) is 36.4.